The summed E-state index contributed by atoms with van der Waals surface area (Å²) in [5, 5.41) is 11.8. The van der Waals surface area contributed by atoms with Crippen LogP contribution in [0.5, 0.6) is 0 Å². The summed E-state index contributed by atoms with van der Waals surface area (Å²) >= 11 is 0. The zero-order valence-electron chi connectivity index (χ0n) is 16.2. The molecule has 0 aromatic heterocycles. The Morgan fingerprint density at radius 1 is 1.07 bits per heavy atom. The van der Waals surface area contributed by atoms with Crippen molar-refractivity contribution in [3.8, 4) is 0 Å². The van der Waals surface area contributed by atoms with E-state index in [2.05, 4.69) is 5.32 Å². The number of esters is 1. The molecule has 0 aliphatic rings. The van der Waals surface area contributed by atoms with Crippen LogP contribution in [0.1, 0.15) is 27.0 Å². The number of aliphatic hydroxyl groups excluding tert-OH is 1. The number of rotatable bonds is 7. The number of hydrogen-bond donors (Lipinski definition) is 2. The molecule has 0 atom stereocenters. The summed E-state index contributed by atoms with van der Waals surface area (Å²) in [6.07, 6.45) is 0. The van der Waals surface area contributed by atoms with Gasteiger partial charge < -0.3 is 20.1 Å². The van der Waals surface area contributed by atoms with Crippen molar-refractivity contribution in [3.05, 3.63) is 64.7 Å². The van der Waals surface area contributed by atoms with Gasteiger partial charge in [-0.15, -0.1) is 0 Å². The average Bonchev–Trinajstić information content (AvgIpc) is 2.68. The van der Waals surface area contributed by atoms with Crippen molar-refractivity contribution in [1.29, 1.82) is 0 Å². The maximum Gasteiger partial charge on any atom is 0.338 e. The molecular formula is C21H24N2O5. The molecule has 2 aromatic carbocycles. The van der Waals surface area contributed by atoms with E-state index in [1.165, 1.54) is 24.1 Å². The van der Waals surface area contributed by atoms with Gasteiger partial charge in [0.1, 0.15) is 0 Å². The highest BCUT2D eigenvalue weighted by atomic mass is 16.5. The lowest BCUT2D eigenvalue weighted by Crippen LogP contribution is -2.37. The number of anilines is 1. The molecule has 0 spiro atoms. The number of nitrogens with one attached hydrogen (secondary N) is 1. The third-order valence-corrected chi connectivity index (χ3v) is 4.17. The molecule has 2 amide bonds. The highest BCUT2D eigenvalue weighted by molar-refractivity contribution is 5.96. The van der Waals surface area contributed by atoms with E-state index in [9.17, 15) is 14.4 Å². The zero-order chi connectivity index (χ0) is 20.7. The predicted octanol–water partition coefficient (Wildman–Crippen LogP) is 2.05. The van der Waals surface area contributed by atoms with Gasteiger partial charge >= 0.3 is 5.97 Å². The second-order valence-corrected chi connectivity index (χ2v) is 6.55. The molecule has 7 nitrogen and oxygen atoms in total. The number of carbonyl (C=O) groups excluding carboxylic acids is 3. The molecule has 0 saturated carbocycles. The summed E-state index contributed by atoms with van der Waals surface area (Å²) in [5.41, 5.74) is 3.59. The van der Waals surface area contributed by atoms with E-state index in [0.29, 0.717) is 11.3 Å². The van der Waals surface area contributed by atoms with E-state index in [0.717, 1.165) is 11.1 Å². The lowest BCUT2D eigenvalue weighted by molar-refractivity contribution is -0.136. The Balaban J connectivity index is 1.83. The van der Waals surface area contributed by atoms with Gasteiger partial charge in [0.25, 0.3) is 5.91 Å². The first-order valence-corrected chi connectivity index (χ1v) is 8.78. The zero-order valence-corrected chi connectivity index (χ0v) is 16.2. The monoisotopic (exact) mass is 384 g/mol. The van der Waals surface area contributed by atoms with Crippen LogP contribution in [-0.2, 0) is 20.9 Å². The number of hydrogen-bond acceptors (Lipinski definition) is 5. The number of amides is 2. The van der Waals surface area contributed by atoms with Crippen molar-refractivity contribution >= 4 is 23.5 Å². The van der Waals surface area contributed by atoms with Crippen LogP contribution in [0.25, 0.3) is 0 Å². The highest BCUT2D eigenvalue weighted by Gasteiger charge is 2.16. The fourth-order valence-corrected chi connectivity index (χ4v) is 2.43. The van der Waals surface area contributed by atoms with E-state index in [4.69, 9.17) is 9.84 Å². The van der Waals surface area contributed by atoms with Crippen molar-refractivity contribution in [1.82, 2.24) is 4.90 Å². The molecule has 0 radical (unpaired) electrons. The van der Waals surface area contributed by atoms with Crippen molar-refractivity contribution in [2.45, 2.75) is 20.5 Å². The quantitative estimate of drug-likeness (QED) is 0.713. The van der Waals surface area contributed by atoms with E-state index in [1.807, 2.05) is 32.0 Å². The normalized spacial score (nSPS) is 10.3. The fourth-order valence-electron chi connectivity index (χ4n) is 2.43. The minimum absolute atomic E-state index is 0.122. The molecule has 0 aliphatic carbocycles. The molecule has 2 aromatic rings. The van der Waals surface area contributed by atoms with Crippen LogP contribution in [-0.4, -0.2) is 48.0 Å². The Hall–Kier alpha value is -3.19. The second kappa shape index (κ2) is 9.66. The van der Waals surface area contributed by atoms with Gasteiger partial charge in [0.05, 0.1) is 18.7 Å². The minimum Gasteiger partial charge on any atom is -0.452 e. The van der Waals surface area contributed by atoms with Crippen molar-refractivity contribution < 1.29 is 24.2 Å². The topological polar surface area (TPSA) is 95.9 Å². The molecule has 28 heavy (non-hydrogen) atoms. The molecular weight excluding hydrogens is 360 g/mol. The number of carbonyl (C=O) groups is 3. The number of nitrogens with zero attached hydrogens (tertiary/aromatic N) is 1. The van der Waals surface area contributed by atoms with E-state index in [1.54, 1.807) is 12.1 Å². The first kappa shape index (κ1) is 21.1. The molecule has 0 heterocycles. The molecule has 0 fully saturated rings. The Morgan fingerprint density at radius 2 is 1.75 bits per heavy atom. The average molecular weight is 384 g/mol. The van der Waals surface area contributed by atoms with Gasteiger partial charge in [-0.1, -0.05) is 24.3 Å². The number of likely N-dealkylation sites (N-methyl/N-ethyl adjacent to an activating group) is 1. The Morgan fingerprint density at radius 3 is 2.39 bits per heavy atom. The van der Waals surface area contributed by atoms with Gasteiger partial charge in [-0.3, -0.25) is 9.59 Å². The number of benzene rings is 2. The summed E-state index contributed by atoms with van der Waals surface area (Å²) in [6.45, 7) is 3.07. The fraction of sp³-hybridized carbons (Fsp3) is 0.286. The predicted molar refractivity (Wildman–Crippen MR) is 105 cm³/mol. The van der Waals surface area contributed by atoms with Crippen LogP contribution >= 0.6 is 0 Å². The largest absolute Gasteiger partial charge is 0.452 e. The molecule has 0 bridgehead atoms. The maximum atomic E-state index is 12.2. The van der Waals surface area contributed by atoms with Crippen molar-refractivity contribution in [2.24, 2.45) is 0 Å². The summed E-state index contributed by atoms with van der Waals surface area (Å²) in [5.74, 6) is -1.47. The lowest BCUT2D eigenvalue weighted by Gasteiger charge is -2.17. The maximum absolute atomic E-state index is 12.2. The third kappa shape index (κ3) is 5.92. The Bertz CT molecular complexity index is 862. The smallest absolute Gasteiger partial charge is 0.338 e. The second-order valence-electron chi connectivity index (χ2n) is 6.55. The van der Waals surface area contributed by atoms with Crippen LogP contribution in [0, 0.1) is 13.8 Å². The van der Waals surface area contributed by atoms with Crippen LogP contribution in [0.15, 0.2) is 42.5 Å². The van der Waals surface area contributed by atoms with Crippen LogP contribution < -0.4 is 5.32 Å². The molecule has 2 rings (SSSR count). The van der Waals surface area contributed by atoms with E-state index < -0.39 is 18.5 Å². The molecule has 0 aliphatic heterocycles. The first-order valence-electron chi connectivity index (χ1n) is 8.78. The Labute approximate surface area is 163 Å². The molecule has 7 heteroatoms. The highest BCUT2D eigenvalue weighted by Crippen LogP contribution is 2.16. The standard InChI is InChI=1S/C21H24N2O5/c1-14-4-5-15(2)18(10-14)22-19(25)11-23(3)20(26)13-28-21(27)17-8-6-16(12-24)7-9-17/h4-10,24H,11-13H2,1-3H3,(H,22,25). The lowest BCUT2D eigenvalue weighted by atomic mass is 10.1. The van der Waals surface area contributed by atoms with Gasteiger partial charge in [0, 0.05) is 12.7 Å². The Kier molecular flexibility index (Phi) is 7.28. The summed E-state index contributed by atoms with van der Waals surface area (Å²) in [6, 6.07) is 11.9. The molecule has 148 valence electrons. The summed E-state index contributed by atoms with van der Waals surface area (Å²) in [7, 11) is 1.47. The van der Waals surface area contributed by atoms with E-state index in [-0.39, 0.29) is 24.6 Å². The molecule has 0 saturated heterocycles. The SMILES string of the molecule is Cc1ccc(C)c(NC(=O)CN(C)C(=O)COC(=O)c2ccc(CO)cc2)c1. The first-order chi connectivity index (χ1) is 13.3. The van der Waals surface area contributed by atoms with Crippen LogP contribution in [0.4, 0.5) is 5.69 Å². The van der Waals surface area contributed by atoms with Gasteiger partial charge in [0.2, 0.25) is 5.91 Å². The van der Waals surface area contributed by atoms with Crippen molar-refractivity contribution in [3.63, 3.8) is 0 Å². The van der Waals surface area contributed by atoms with E-state index >= 15 is 0 Å². The van der Waals surface area contributed by atoms with Gasteiger partial charge in [-0.05, 0) is 48.7 Å². The van der Waals surface area contributed by atoms with Crippen LogP contribution in [0.2, 0.25) is 0 Å². The summed E-state index contributed by atoms with van der Waals surface area (Å²) in [4.78, 5) is 37.5. The van der Waals surface area contributed by atoms with Gasteiger partial charge in [0.15, 0.2) is 6.61 Å². The number of ether oxygens (including phenoxy) is 1. The third-order valence-electron chi connectivity index (χ3n) is 4.17. The molecule has 0 unspecified atom stereocenters. The van der Waals surface area contributed by atoms with Crippen LogP contribution in [0.3, 0.4) is 0 Å². The van der Waals surface area contributed by atoms with Gasteiger partial charge in [-0.2, -0.15) is 0 Å². The summed E-state index contributed by atoms with van der Waals surface area (Å²) < 4.78 is 4.99. The number of aryl methyl sites for hydroxylation is 2. The molecule has 2 N–H and O–H groups in total. The minimum atomic E-state index is -0.647. The number of aliphatic hydroxyl groups is 1. The van der Waals surface area contributed by atoms with Gasteiger partial charge in [-0.25, -0.2) is 4.79 Å². The van der Waals surface area contributed by atoms with Crippen molar-refractivity contribution in [2.75, 3.05) is 25.5 Å².